The van der Waals surface area contributed by atoms with Gasteiger partial charge in [0.2, 0.25) is 5.91 Å². The van der Waals surface area contributed by atoms with Crippen LogP contribution in [0.25, 0.3) is 10.9 Å². The van der Waals surface area contributed by atoms with E-state index in [9.17, 15) is 9.59 Å². The Morgan fingerprint density at radius 1 is 1.02 bits per heavy atom. The van der Waals surface area contributed by atoms with Gasteiger partial charge in [0.15, 0.2) is 11.5 Å². The smallest absolute Gasteiger partial charge is 0.408 e. The number of amides is 2. The molecule has 232 valence electrons. The quantitative estimate of drug-likeness (QED) is 0.112. The highest BCUT2D eigenvalue weighted by atomic mass is 127. The minimum Gasteiger partial charge on any atom is -0.493 e. The Hall–Kier alpha value is -3.80. The molecule has 44 heavy (non-hydrogen) atoms. The lowest BCUT2D eigenvalue weighted by atomic mass is 9.81. The third-order valence-corrected chi connectivity index (χ3v) is 10.4. The molecule has 9 nitrogen and oxygen atoms in total. The summed E-state index contributed by atoms with van der Waals surface area (Å²) in [5, 5.41) is 7.27. The van der Waals surface area contributed by atoms with Gasteiger partial charge < -0.3 is 29.8 Å². The number of hydrogen-bond donors (Lipinski definition) is 3. The van der Waals surface area contributed by atoms with Crippen LogP contribution in [0.5, 0.6) is 11.5 Å². The second-order valence-electron chi connectivity index (χ2n) is 11.3. The van der Waals surface area contributed by atoms with Gasteiger partial charge in [0, 0.05) is 23.3 Å². The van der Waals surface area contributed by atoms with E-state index in [2.05, 4.69) is 43.2 Å². The Bertz CT molecular complexity index is 1570. The summed E-state index contributed by atoms with van der Waals surface area (Å²) < 4.78 is 15.9. The number of rotatable bonds is 11. The highest BCUT2D eigenvalue weighted by Crippen LogP contribution is 2.41. The number of alkyl carbamates (subject to hydrolysis) is 1. The SMILES string of the molecule is COc1ccc(COC(=O)N[C@@](C)(C(=O)NC(c2ccccn2)C2CCCCC2)C(I)c2c[nH]c3ccccc23)cc1OC. The van der Waals surface area contributed by atoms with Gasteiger partial charge in [0.1, 0.15) is 12.1 Å². The molecule has 2 aromatic heterocycles. The number of nitrogens with zero attached hydrogens (tertiary/aromatic N) is 1. The summed E-state index contributed by atoms with van der Waals surface area (Å²) in [6.45, 7) is 1.75. The summed E-state index contributed by atoms with van der Waals surface area (Å²) in [5.41, 5.74) is 2.03. The van der Waals surface area contributed by atoms with Crippen molar-refractivity contribution in [2.45, 2.75) is 61.1 Å². The Kier molecular flexibility index (Phi) is 10.3. The fraction of sp³-hybridized carbons (Fsp3) is 0.382. The molecular formula is C34H39IN4O5. The minimum absolute atomic E-state index is 0.0124. The van der Waals surface area contributed by atoms with E-state index >= 15 is 0 Å². The monoisotopic (exact) mass is 710 g/mol. The standard InChI is InChI=1S/C34H39IN4O5/c1-34(31(35)25-20-37-26-14-8-7-13-24(25)26,39-33(41)44-21-22-16-17-28(42-2)29(19-22)43-3)32(40)38-30(23-11-5-4-6-12-23)27-15-9-10-18-36-27/h7-10,13-20,23,30-31,37H,4-6,11-12,21H2,1-3H3,(H,38,40)(H,39,41)/t30?,31?,34-/m1/s1. The van der Waals surface area contributed by atoms with Crippen LogP contribution in [0, 0.1) is 5.92 Å². The molecule has 2 heterocycles. The molecule has 0 saturated heterocycles. The van der Waals surface area contributed by atoms with Crippen molar-refractivity contribution >= 4 is 45.5 Å². The van der Waals surface area contributed by atoms with Gasteiger partial charge in [-0.05, 0) is 67.1 Å². The molecule has 2 amide bonds. The van der Waals surface area contributed by atoms with Gasteiger partial charge >= 0.3 is 6.09 Å². The molecule has 0 radical (unpaired) electrons. The van der Waals surface area contributed by atoms with Gasteiger partial charge in [-0.2, -0.15) is 0 Å². The molecule has 2 aromatic carbocycles. The molecular weight excluding hydrogens is 671 g/mol. The van der Waals surface area contributed by atoms with Crippen LogP contribution in [0.1, 0.15) is 65.8 Å². The third-order valence-electron chi connectivity index (χ3n) is 8.47. The van der Waals surface area contributed by atoms with Gasteiger partial charge in [-0.3, -0.25) is 9.78 Å². The number of pyridine rings is 1. The van der Waals surface area contributed by atoms with Crippen LogP contribution in [0.4, 0.5) is 4.79 Å². The van der Waals surface area contributed by atoms with E-state index in [1.54, 1.807) is 45.5 Å². The number of aromatic nitrogens is 2. The number of para-hydroxylation sites is 1. The van der Waals surface area contributed by atoms with E-state index in [4.69, 9.17) is 14.2 Å². The largest absolute Gasteiger partial charge is 0.493 e. The van der Waals surface area contributed by atoms with Gasteiger partial charge in [-0.15, -0.1) is 0 Å². The predicted octanol–water partition coefficient (Wildman–Crippen LogP) is 7.18. The van der Waals surface area contributed by atoms with Crippen molar-refractivity contribution in [1.82, 2.24) is 20.6 Å². The van der Waals surface area contributed by atoms with Crippen LogP contribution < -0.4 is 20.1 Å². The number of hydrogen-bond acceptors (Lipinski definition) is 6. The van der Waals surface area contributed by atoms with Gasteiger partial charge in [-0.25, -0.2) is 4.79 Å². The maximum absolute atomic E-state index is 14.5. The van der Waals surface area contributed by atoms with E-state index in [-0.39, 0.29) is 24.5 Å². The molecule has 1 saturated carbocycles. The predicted molar refractivity (Wildman–Crippen MR) is 178 cm³/mol. The minimum atomic E-state index is -1.37. The van der Waals surface area contributed by atoms with Crippen LogP contribution in [0.3, 0.4) is 0 Å². The summed E-state index contributed by atoms with van der Waals surface area (Å²) in [4.78, 5) is 35.8. The van der Waals surface area contributed by atoms with Crippen LogP contribution >= 0.6 is 22.6 Å². The number of ether oxygens (including phenoxy) is 3. The van der Waals surface area contributed by atoms with Crippen molar-refractivity contribution < 1.29 is 23.8 Å². The van der Waals surface area contributed by atoms with Crippen LogP contribution in [0.15, 0.2) is 73.1 Å². The maximum Gasteiger partial charge on any atom is 0.408 e. The number of aromatic amines is 1. The van der Waals surface area contributed by atoms with Gasteiger partial charge in [0.25, 0.3) is 0 Å². The summed E-state index contributed by atoms with van der Waals surface area (Å²) in [7, 11) is 3.12. The number of H-pyrrole nitrogens is 1. The molecule has 1 fully saturated rings. The Labute approximate surface area is 271 Å². The Morgan fingerprint density at radius 2 is 1.77 bits per heavy atom. The van der Waals surface area contributed by atoms with Crippen LogP contribution in [0.2, 0.25) is 0 Å². The number of carbonyl (C=O) groups is 2. The first kappa shape index (κ1) is 31.6. The first-order valence-corrected chi connectivity index (χ1v) is 16.2. The number of benzene rings is 2. The van der Waals surface area contributed by atoms with Gasteiger partial charge in [-0.1, -0.05) is 72.2 Å². The number of alkyl halides is 1. The van der Waals surface area contributed by atoms with Crippen LogP contribution in [-0.2, 0) is 16.1 Å². The lowest BCUT2D eigenvalue weighted by Crippen LogP contribution is -2.60. The van der Waals surface area contributed by atoms with Crippen molar-refractivity contribution in [3.63, 3.8) is 0 Å². The van der Waals surface area contributed by atoms with Crippen molar-refractivity contribution in [1.29, 1.82) is 0 Å². The molecule has 1 aliphatic carbocycles. The van der Waals surface area contributed by atoms with Crippen molar-refractivity contribution in [2.75, 3.05) is 14.2 Å². The molecule has 4 aromatic rings. The van der Waals surface area contributed by atoms with Crippen molar-refractivity contribution in [3.05, 3.63) is 89.9 Å². The average molecular weight is 711 g/mol. The van der Waals surface area contributed by atoms with Crippen molar-refractivity contribution in [2.24, 2.45) is 5.92 Å². The zero-order valence-electron chi connectivity index (χ0n) is 25.3. The van der Waals surface area contributed by atoms with E-state index in [1.807, 2.05) is 48.7 Å². The lowest BCUT2D eigenvalue weighted by molar-refractivity contribution is -0.128. The normalized spacial score (nSPS) is 16.4. The zero-order chi connectivity index (χ0) is 31.1. The number of halogens is 1. The van der Waals surface area contributed by atoms with Crippen LogP contribution in [-0.4, -0.2) is 41.7 Å². The number of methoxy groups -OCH3 is 2. The fourth-order valence-corrected chi connectivity index (χ4v) is 6.92. The lowest BCUT2D eigenvalue weighted by Gasteiger charge is -2.37. The molecule has 3 atom stereocenters. The molecule has 1 aliphatic rings. The second-order valence-corrected chi connectivity index (χ2v) is 12.6. The molecule has 10 heteroatoms. The average Bonchev–Trinajstić information content (AvgIpc) is 3.50. The van der Waals surface area contributed by atoms with Crippen molar-refractivity contribution in [3.8, 4) is 11.5 Å². The number of fused-ring (bicyclic) bond motifs is 1. The number of nitrogens with one attached hydrogen (secondary N) is 3. The second kappa shape index (κ2) is 14.3. The molecule has 0 bridgehead atoms. The maximum atomic E-state index is 14.5. The molecule has 0 aliphatic heterocycles. The highest BCUT2D eigenvalue weighted by Gasteiger charge is 2.45. The molecule has 0 spiro atoms. The highest BCUT2D eigenvalue weighted by molar-refractivity contribution is 14.1. The van der Waals surface area contributed by atoms with E-state index < -0.39 is 15.6 Å². The molecule has 2 unspecified atom stereocenters. The zero-order valence-corrected chi connectivity index (χ0v) is 27.4. The Morgan fingerprint density at radius 3 is 2.50 bits per heavy atom. The van der Waals surface area contributed by atoms with E-state index in [1.165, 1.54) is 6.42 Å². The van der Waals surface area contributed by atoms with E-state index in [0.29, 0.717) is 11.5 Å². The van der Waals surface area contributed by atoms with E-state index in [0.717, 1.165) is 53.4 Å². The fourth-order valence-electron chi connectivity index (χ4n) is 5.97. The number of carbonyl (C=O) groups excluding carboxylic acids is 2. The summed E-state index contributed by atoms with van der Waals surface area (Å²) in [6.07, 6.45) is 8.41. The summed E-state index contributed by atoms with van der Waals surface area (Å²) in [6, 6.07) is 18.7. The summed E-state index contributed by atoms with van der Waals surface area (Å²) in [5.74, 6) is 1.07. The first-order chi connectivity index (χ1) is 21.3. The topological polar surface area (TPSA) is 115 Å². The first-order valence-electron chi connectivity index (χ1n) is 14.9. The Balaban J connectivity index is 1.43. The third kappa shape index (κ3) is 6.95. The molecule has 3 N–H and O–H groups in total. The van der Waals surface area contributed by atoms with Gasteiger partial charge in [0.05, 0.1) is 29.9 Å². The summed E-state index contributed by atoms with van der Waals surface area (Å²) >= 11 is 2.26. The molecule has 5 rings (SSSR count).